The number of hydrogen-bond donors (Lipinski definition) is 1. The SMILES string of the molecule is Cc1cc(N)n(-c2c(Cl)cccc2C(F)(F)F)n1. The van der Waals surface area contributed by atoms with Crippen LogP contribution in [0.25, 0.3) is 5.69 Å². The number of hydrogen-bond acceptors (Lipinski definition) is 2. The Labute approximate surface area is 106 Å². The van der Waals surface area contributed by atoms with Gasteiger partial charge in [-0.2, -0.15) is 18.3 Å². The van der Waals surface area contributed by atoms with Crippen LogP contribution in [-0.4, -0.2) is 9.78 Å². The van der Waals surface area contributed by atoms with Gasteiger partial charge >= 0.3 is 6.18 Å². The molecule has 1 heterocycles. The van der Waals surface area contributed by atoms with E-state index < -0.39 is 11.7 Å². The maximum absolute atomic E-state index is 12.9. The number of nitrogen functional groups attached to an aromatic ring is 1. The third-order valence-electron chi connectivity index (χ3n) is 2.36. The van der Waals surface area contributed by atoms with E-state index in [1.54, 1.807) is 6.92 Å². The van der Waals surface area contributed by atoms with Crippen molar-refractivity contribution in [1.29, 1.82) is 0 Å². The Morgan fingerprint density at radius 2 is 2.00 bits per heavy atom. The number of aromatic nitrogens is 2. The van der Waals surface area contributed by atoms with Gasteiger partial charge < -0.3 is 5.73 Å². The minimum atomic E-state index is -4.52. The maximum Gasteiger partial charge on any atom is 0.418 e. The summed E-state index contributed by atoms with van der Waals surface area (Å²) in [5, 5.41) is 3.87. The molecule has 0 amide bonds. The van der Waals surface area contributed by atoms with E-state index in [9.17, 15) is 13.2 Å². The van der Waals surface area contributed by atoms with Gasteiger partial charge in [0.25, 0.3) is 0 Å². The van der Waals surface area contributed by atoms with Crippen molar-refractivity contribution in [2.75, 3.05) is 5.73 Å². The summed E-state index contributed by atoms with van der Waals surface area (Å²) in [4.78, 5) is 0. The van der Waals surface area contributed by atoms with Crippen molar-refractivity contribution in [3.8, 4) is 5.69 Å². The summed E-state index contributed by atoms with van der Waals surface area (Å²) in [7, 11) is 0. The van der Waals surface area contributed by atoms with Crippen LogP contribution >= 0.6 is 11.6 Å². The highest BCUT2D eigenvalue weighted by molar-refractivity contribution is 6.32. The fraction of sp³-hybridized carbons (Fsp3) is 0.182. The number of nitrogens with two attached hydrogens (primary N) is 1. The fourth-order valence-corrected chi connectivity index (χ4v) is 1.91. The van der Waals surface area contributed by atoms with Crippen molar-refractivity contribution in [1.82, 2.24) is 9.78 Å². The first kappa shape index (κ1) is 12.8. The van der Waals surface area contributed by atoms with Crippen LogP contribution in [0.3, 0.4) is 0 Å². The van der Waals surface area contributed by atoms with Crippen molar-refractivity contribution < 1.29 is 13.2 Å². The van der Waals surface area contributed by atoms with Gasteiger partial charge in [-0.3, -0.25) is 0 Å². The zero-order valence-electron chi connectivity index (χ0n) is 9.29. The van der Waals surface area contributed by atoms with Crippen LogP contribution in [0.5, 0.6) is 0 Å². The molecule has 2 aromatic rings. The van der Waals surface area contributed by atoms with Crippen molar-refractivity contribution in [3.63, 3.8) is 0 Å². The highest BCUT2D eigenvalue weighted by Crippen LogP contribution is 2.37. The molecule has 2 rings (SSSR count). The van der Waals surface area contributed by atoms with Gasteiger partial charge in [0.05, 0.1) is 22.0 Å². The Morgan fingerprint density at radius 1 is 1.33 bits per heavy atom. The van der Waals surface area contributed by atoms with Gasteiger partial charge in [0.15, 0.2) is 0 Å². The van der Waals surface area contributed by atoms with Crippen molar-refractivity contribution in [2.24, 2.45) is 0 Å². The van der Waals surface area contributed by atoms with Crippen LogP contribution in [-0.2, 0) is 6.18 Å². The molecule has 0 saturated heterocycles. The van der Waals surface area contributed by atoms with Gasteiger partial charge in [-0.25, -0.2) is 4.68 Å². The Balaban J connectivity index is 2.74. The molecule has 18 heavy (non-hydrogen) atoms. The zero-order valence-corrected chi connectivity index (χ0v) is 10.0. The average molecular weight is 276 g/mol. The summed E-state index contributed by atoms with van der Waals surface area (Å²) in [6.07, 6.45) is -4.52. The number of halogens is 4. The van der Waals surface area contributed by atoms with Crippen LogP contribution in [0.4, 0.5) is 19.0 Å². The van der Waals surface area contributed by atoms with E-state index in [0.717, 1.165) is 10.7 Å². The molecular weight excluding hydrogens is 267 g/mol. The summed E-state index contributed by atoms with van der Waals surface area (Å²) in [6.45, 7) is 1.64. The number of benzene rings is 1. The van der Waals surface area contributed by atoms with E-state index >= 15 is 0 Å². The third kappa shape index (κ3) is 2.15. The number of anilines is 1. The Kier molecular flexibility index (Phi) is 2.98. The Hall–Kier alpha value is -1.69. The normalized spacial score (nSPS) is 11.8. The lowest BCUT2D eigenvalue weighted by Crippen LogP contribution is -2.13. The highest BCUT2D eigenvalue weighted by atomic mass is 35.5. The molecule has 0 fully saturated rings. The van der Waals surface area contributed by atoms with Crippen LogP contribution in [0, 0.1) is 6.92 Å². The minimum Gasteiger partial charge on any atom is -0.384 e. The van der Waals surface area contributed by atoms with E-state index in [1.807, 2.05) is 0 Å². The lowest BCUT2D eigenvalue weighted by Gasteiger charge is -2.14. The smallest absolute Gasteiger partial charge is 0.384 e. The number of alkyl halides is 3. The first-order valence-electron chi connectivity index (χ1n) is 4.99. The van der Waals surface area contributed by atoms with E-state index in [1.165, 1.54) is 18.2 Å². The van der Waals surface area contributed by atoms with Crippen molar-refractivity contribution >= 4 is 17.4 Å². The number of aryl methyl sites for hydroxylation is 1. The molecule has 2 N–H and O–H groups in total. The number of para-hydroxylation sites is 1. The van der Waals surface area contributed by atoms with Gasteiger partial charge in [0, 0.05) is 6.07 Å². The van der Waals surface area contributed by atoms with E-state index in [2.05, 4.69) is 5.10 Å². The molecular formula is C11H9ClF3N3. The van der Waals surface area contributed by atoms with Crippen LogP contribution in [0.2, 0.25) is 5.02 Å². The number of rotatable bonds is 1. The second kappa shape index (κ2) is 4.20. The van der Waals surface area contributed by atoms with Gasteiger partial charge in [0.1, 0.15) is 5.82 Å². The van der Waals surface area contributed by atoms with Gasteiger partial charge in [-0.1, -0.05) is 17.7 Å². The monoisotopic (exact) mass is 275 g/mol. The highest BCUT2D eigenvalue weighted by Gasteiger charge is 2.35. The molecule has 1 aromatic carbocycles. The first-order chi connectivity index (χ1) is 8.30. The summed E-state index contributed by atoms with van der Waals surface area (Å²) in [6, 6.07) is 5.02. The Bertz CT molecular complexity index is 590. The van der Waals surface area contributed by atoms with Crippen molar-refractivity contribution in [2.45, 2.75) is 13.1 Å². The molecule has 0 atom stereocenters. The maximum atomic E-state index is 12.9. The molecule has 3 nitrogen and oxygen atoms in total. The predicted molar refractivity (Wildman–Crippen MR) is 62.7 cm³/mol. The van der Waals surface area contributed by atoms with E-state index in [0.29, 0.717) is 5.69 Å². The molecule has 0 bridgehead atoms. The topological polar surface area (TPSA) is 43.8 Å². The average Bonchev–Trinajstić information content (AvgIpc) is 2.56. The standard InChI is InChI=1S/C11H9ClF3N3/c1-6-5-9(16)18(17-6)10-7(11(13,14)15)3-2-4-8(10)12/h2-5H,16H2,1H3. The quantitative estimate of drug-likeness (QED) is 0.866. The van der Waals surface area contributed by atoms with E-state index in [-0.39, 0.29) is 16.5 Å². The van der Waals surface area contributed by atoms with Crippen LogP contribution in [0.1, 0.15) is 11.3 Å². The molecule has 1 aromatic heterocycles. The second-order valence-electron chi connectivity index (χ2n) is 3.76. The molecule has 0 aliphatic rings. The summed E-state index contributed by atoms with van der Waals surface area (Å²) in [5.41, 5.74) is 5.02. The Morgan fingerprint density at radius 3 is 2.50 bits per heavy atom. The first-order valence-corrected chi connectivity index (χ1v) is 5.36. The number of nitrogens with zero attached hydrogens (tertiary/aromatic N) is 2. The molecule has 0 unspecified atom stereocenters. The predicted octanol–water partition coefficient (Wildman–Crippen LogP) is 3.44. The lowest BCUT2D eigenvalue weighted by molar-refractivity contribution is -0.137. The largest absolute Gasteiger partial charge is 0.418 e. The zero-order chi connectivity index (χ0) is 13.5. The van der Waals surface area contributed by atoms with Gasteiger partial charge in [-0.15, -0.1) is 0 Å². The van der Waals surface area contributed by atoms with E-state index in [4.69, 9.17) is 17.3 Å². The molecule has 0 spiro atoms. The molecule has 0 aliphatic heterocycles. The van der Waals surface area contributed by atoms with Gasteiger partial charge in [-0.05, 0) is 19.1 Å². The van der Waals surface area contributed by atoms with Gasteiger partial charge in [0.2, 0.25) is 0 Å². The van der Waals surface area contributed by atoms with Crippen molar-refractivity contribution in [3.05, 3.63) is 40.5 Å². The summed E-state index contributed by atoms with van der Waals surface area (Å²) in [5.74, 6) is 0.103. The summed E-state index contributed by atoms with van der Waals surface area (Å²) < 4.78 is 39.7. The lowest BCUT2D eigenvalue weighted by atomic mass is 10.1. The minimum absolute atomic E-state index is 0.0559. The third-order valence-corrected chi connectivity index (χ3v) is 2.67. The molecule has 0 radical (unpaired) electrons. The molecule has 0 saturated carbocycles. The van der Waals surface area contributed by atoms with Crippen LogP contribution in [0.15, 0.2) is 24.3 Å². The molecule has 7 heteroatoms. The molecule has 96 valence electrons. The fourth-order valence-electron chi connectivity index (χ4n) is 1.66. The summed E-state index contributed by atoms with van der Waals surface area (Å²) >= 11 is 5.83. The second-order valence-corrected chi connectivity index (χ2v) is 4.16. The molecule has 0 aliphatic carbocycles. The van der Waals surface area contributed by atoms with Crippen LogP contribution < -0.4 is 5.73 Å².